The monoisotopic (exact) mass is 348 g/mol. The number of amides is 1. The van der Waals surface area contributed by atoms with Gasteiger partial charge in [0.2, 0.25) is 5.91 Å². The summed E-state index contributed by atoms with van der Waals surface area (Å²) in [6.45, 7) is 0. The lowest BCUT2D eigenvalue weighted by Gasteiger charge is -2.23. The van der Waals surface area contributed by atoms with E-state index in [0.717, 1.165) is 22.4 Å². The van der Waals surface area contributed by atoms with Crippen LogP contribution in [0.15, 0.2) is 18.2 Å². The number of carbonyl (C=O) groups excluding carboxylic acids is 1. The van der Waals surface area contributed by atoms with E-state index >= 15 is 0 Å². The van der Waals surface area contributed by atoms with Crippen molar-refractivity contribution in [2.75, 3.05) is 12.4 Å². The molecule has 0 saturated carbocycles. The minimum absolute atomic E-state index is 0.314. The number of nitrogens with one attached hydrogen (secondary N) is 1. The molecule has 24 heavy (non-hydrogen) atoms. The quantitative estimate of drug-likeness (QED) is 0.878. The molecule has 1 amide bonds. The van der Waals surface area contributed by atoms with Gasteiger partial charge in [-0.15, -0.1) is 0 Å². The lowest BCUT2D eigenvalue weighted by Crippen LogP contribution is -2.40. The summed E-state index contributed by atoms with van der Waals surface area (Å²) in [5.74, 6) is -2.03. The van der Waals surface area contributed by atoms with Gasteiger partial charge in [0.1, 0.15) is 5.75 Å². The number of methoxy groups -OCH3 is 1. The highest BCUT2D eigenvalue weighted by molar-refractivity contribution is 7.22. The van der Waals surface area contributed by atoms with Gasteiger partial charge in [-0.25, -0.2) is 4.98 Å². The number of anilines is 1. The minimum Gasteiger partial charge on any atom is -0.497 e. The summed E-state index contributed by atoms with van der Waals surface area (Å²) in [4.78, 5) is 28.5. The number of carboxylic acids is 1. The first kappa shape index (κ1) is 15.3. The summed E-state index contributed by atoms with van der Waals surface area (Å²) in [5, 5.41) is 12.6. The van der Waals surface area contributed by atoms with Gasteiger partial charge >= 0.3 is 5.97 Å². The number of nitrogens with zero attached hydrogens (tertiary/aromatic N) is 1. The van der Waals surface area contributed by atoms with Crippen LogP contribution in [-0.2, 0) is 14.3 Å². The number of ether oxygens (including phenoxy) is 2. The lowest BCUT2D eigenvalue weighted by atomic mass is 9.79. The summed E-state index contributed by atoms with van der Waals surface area (Å²) >= 11 is 1.33. The fourth-order valence-corrected chi connectivity index (χ4v) is 4.50. The maximum Gasteiger partial charge on any atom is 0.310 e. The van der Waals surface area contributed by atoms with Gasteiger partial charge in [-0.05, 0) is 31.0 Å². The number of rotatable bonds is 4. The minimum atomic E-state index is -0.976. The van der Waals surface area contributed by atoms with Crippen molar-refractivity contribution in [2.24, 2.45) is 11.8 Å². The molecular formula is C16H16N2O5S. The van der Waals surface area contributed by atoms with E-state index < -0.39 is 17.8 Å². The Morgan fingerprint density at radius 1 is 1.33 bits per heavy atom. The Labute approximate surface area is 141 Å². The maximum absolute atomic E-state index is 12.6. The molecule has 4 atom stereocenters. The fraction of sp³-hybridized carbons (Fsp3) is 0.438. The normalized spacial score (nSPS) is 28.2. The van der Waals surface area contributed by atoms with E-state index in [9.17, 15) is 14.7 Å². The van der Waals surface area contributed by atoms with Crippen LogP contribution >= 0.6 is 11.3 Å². The zero-order valence-corrected chi connectivity index (χ0v) is 13.7. The van der Waals surface area contributed by atoms with E-state index in [1.807, 2.05) is 12.1 Å². The van der Waals surface area contributed by atoms with E-state index in [-0.39, 0.29) is 18.1 Å². The average Bonchev–Trinajstić information content (AvgIpc) is 3.26. The molecule has 4 unspecified atom stereocenters. The number of fused-ring (bicyclic) bond motifs is 3. The largest absolute Gasteiger partial charge is 0.497 e. The van der Waals surface area contributed by atoms with E-state index in [2.05, 4.69) is 10.3 Å². The molecular weight excluding hydrogens is 332 g/mol. The molecule has 2 aliphatic heterocycles. The van der Waals surface area contributed by atoms with Crippen LogP contribution < -0.4 is 10.1 Å². The van der Waals surface area contributed by atoms with Crippen molar-refractivity contribution in [3.63, 3.8) is 0 Å². The van der Waals surface area contributed by atoms with Gasteiger partial charge in [0.25, 0.3) is 0 Å². The Bertz CT molecular complexity index is 820. The van der Waals surface area contributed by atoms with E-state index in [4.69, 9.17) is 9.47 Å². The number of thiazole rings is 1. The van der Waals surface area contributed by atoms with Crippen LogP contribution in [0, 0.1) is 11.8 Å². The van der Waals surface area contributed by atoms with Gasteiger partial charge in [0.05, 0.1) is 41.4 Å². The van der Waals surface area contributed by atoms with Gasteiger partial charge in [-0.2, -0.15) is 0 Å². The Hall–Kier alpha value is -2.19. The number of hydrogen-bond acceptors (Lipinski definition) is 6. The first-order valence-electron chi connectivity index (χ1n) is 7.70. The second-order valence-corrected chi connectivity index (χ2v) is 7.05. The molecule has 2 N–H and O–H groups in total. The highest BCUT2D eigenvalue weighted by atomic mass is 32.1. The second-order valence-electron chi connectivity index (χ2n) is 6.02. The molecule has 2 fully saturated rings. The number of carboxylic acid groups (broad SMARTS) is 1. The Morgan fingerprint density at radius 2 is 2.08 bits per heavy atom. The number of aliphatic carboxylic acids is 1. The van der Waals surface area contributed by atoms with Crippen LogP contribution in [0.3, 0.4) is 0 Å². The van der Waals surface area contributed by atoms with Crippen molar-refractivity contribution >= 4 is 38.6 Å². The summed E-state index contributed by atoms with van der Waals surface area (Å²) in [7, 11) is 1.59. The average molecular weight is 348 g/mol. The number of aromatic nitrogens is 1. The van der Waals surface area contributed by atoms with Crippen molar-refractivity contribution in [1.82, 2.24) is 4.98 Å². The molecule has 0 aliphatic carbocycles. The molecule has 2 saturated heterocycles. The third-order valence-corrected chi connectivity index (χ3v) is 5.62. The van der Waals surface area contributed by atoms with Gasteiger partial charge in [-0.1, -0.05) is 11.3 Å². The third-order valence-electron chi connectivity index (χ3n) is 4.69. The molecule has 0 spiro atoms. The molecule has 1 aromatic carbocycles. The third kappa shape index (κ3) is 2.42. The first-order chi connectivity index (χ1) is 11.6. The van der Waals surface area contributed by atoms with Crippen LogP contribution in [0.5, 0.6) is 5.75 Å². The smallest absolute Gasteiger partial charge is 0.310 e. The lowest BCUT2D eigenvalue weighted by molar-refractivity contribution is -0.147. The van der Waals surface area contributed by atoms with Gasteiger partial charge in [0.15, 0.2) is 5.13 Å². The van der Waals surface area contributed by atoms with Crippen molar-refractivity contribution in [3.05, 3.63) is 18.2 Å². The van der Waals surface area contributed by atoms with Crippen molar-refractivity contribution in [2.45, 2.75) is 25.0 Å². The highest BCUT2D eigenvalue weighted by Gasteiger charge is 2.55. The molecule has 126 valence electrons. The zero-order valence-electron chi connectivity index (χ0n) is 12.9. The topological polar surface area (TPSA) is 97.8 Å². The summed E-state index contributed by atoms with van der Waals surface area (Å²) in [6, 6.07) is 5.47. The van der Waals surface area contributed by atoms with Crippen LogP contribution in [0.25, 0.3) is 10.2 Å². The summed E-state index contributed by atoms with van der Waals surface area (Å²) < 4.78 is 11.7. The summed E-state index contributed by atoms with van der Waals surface area (Å²) in [6.07, 6.45) is 0.754. The van der Waals surface area contributed by atoms with Gasteiger partial charge < -0.3 is 19.9 Å². The highest BCUT2D eigenvalue weighted by Crippen LogP contribution is 2.44. The number of hydrogen-bond donors (Lipinski definition) is 2. The molecule has 1 aromatic heterocycles. The van der Waals surface area contributed by atoms with Crippen LogP contribution in [-0.4, -0.2) is 41.3 Å². The molecule has 2 aromatic rings. The van der Waals surface area contributed by atoms with Crippen molar-refractivity contribution in [3.8, 4) is 5.75 Å². The molecule has 8 heteroatoms. The van der Waals surface area contributed by atoms with E-state index in [1.165, 1.54) is 11.3 Å². The fourth-order valence-electron chi connectivity index (χ4n) is 3.60. The molecule has 0 radical (unpaired) electrons. The van der Waals surface area contributed by atoms with E-state index in [0.29, 0.717) is 11.6 Å². The predicted molar refractivity (Wildman–Crippen MR) is 87.3 cm³/mol. The van der Waals surface area contributed by atoms with Gasteiger partial charge in [0, 0.05) is 0 Å². The molecule has 2 aliphatic rings. The maximum atomic E-state index is 12.6. The van der Waals surface area contributed by atoms with E-state index in [1.54, 1.807) is 13.2 Å². The van der Waals surface area contributed by atoms with Crippen molar-refractivity contribution < 1.29 is 24.2 Å². The summed E-state index contributed by atoms with van der Waals surface area (Å²) in [5.41, 5.74) is 0.759. The Morgan fingerprint density at radius 3 is 2.79 bits per heavy atom. The predicted octanol–water partition coefficient (Wildman–Crippen LogP) is 2.12. The van der Waals surface area contributed by atoms with Crippen molar-refractivity contribution in [1.29, 1.82) is 0 Å². The van der Waals surface area contributed by atoms with Crippen LogP contribution in [0.1, 0.15) is 12.8 Å². The Kier molecular flexibility index (Phi) is 3.65. The zero-order chi connectivity index (χ0) is 16.8. The number of benzene rings is 1. The van der Waals surface area contributed by atoms with Crippen LogP contribution in [0.2, 0.25) is 0 Å². The molecule has 7 nitrogen and oxygen atoms in total. The molecule has 3 heterocycles. The standard InChI is InChI=1S/C16H16N2O5S/c1-22-7-2-3-8-11(6-7)24-16(17-8)18-14(19)12-9-4-5-10(23-9)13(12)15(20)21/h2-3,6,9-10,12-13H,4-5H2,1H3,(H,20,21)(H,17,18,19). The molecule has 4 rings (SSSR count). The second kappa shape index (κ2) is 5.71. The molecule has 2 bridgehead atoms. The van der Waals surface area contributed by atoms with Gasteiger partial charge in [-0.3, -0.25) is 9.59 Å². The number of carbonyl (C=O) groups is 2. The van der Waals surface area contributed by atoms with Crippen LogP contribution in [0.4, 0.5) is 5.13 Å². The Balaban J connectivity index is 1.56. The first-order valence-corrected chi connectivity index (χ1v) is 8.52. The SMILES string of the molecule is COc1ccc2nc(NC(=O)C3C4CCC(O4)C3C(=O)O)sc2c1.